The molecule has 1 fully saturated rings. The number of rotatable bonds is 2. The van der Waals surface area contributed by atoms with Crippen molar-refractivity contribution in [1.82, 2.24) is 4.72 Å². The van der Waals surface area contributed by atoms with Gasteiger partial charge in [0.15, 0.2) is 0 Å². The van der Waals surface area contributed by atoms with Gasteiger partial charge < -0.3 is 0 Å². The van der Waals surface area contributed by atoms with Crippen LogP contribution in [0.3, 0.4) is 0 Å². The molecule has 0 radical (unpaired) electrons. The van der Waals surface area contributed by atoms with Gasteiger partial charge >= 0.3 is 0 Å². The first-order valence-corrected chi connectivity index (χ1v) is 10.3. The molecular weight excluding hydrogens is 320 g/mol. The lowest BCUT2D eigenvalue weighted by molar-refractivity contribution is 0.583. The molecule has 0 unspecified atom stereocenters. The first-order chi connectivity index (χ1) is 11.4. The summed E-state index contributed by atoms with van der Waals surface area (Å²) in [7, 11) is -3.53. The maximum atomic E-state index is 12.6. The molecular formula is C19H26N2O2S. The van der Waals surface area contributed by atoms with E-state index in [0.29, 0.717) is 10.7 Å². The molecule has 24 heavy (non-hydrogen) atoms. The van der Waals surface area contributed by atoms with Crippen molar-refractivity contribution in [3.8, 4) is 0 Å². The molecule has 1 saturated carbocycles. The molecule has 1 aromatic rings. The zero-order valence-electron chi connectivity index (χ0n) is 14.7. The highest BCUT2D eigenvalue weighted by molar-refractivity contribution is 8.00. The number of nitrogens with one attached hydrogen (secondary N) is 1. The second kappa shape index (κ2) is 6.71. The van der Waals surface area contributed by atoms with Crippen molar-refractivity contribution in [1.29, 1.82) is 0 Å². The average Bonchev–Trinajstić information content (AvgIpc) is 2.70. The van der Waals surface area contributed by atoms with E-state index in [1.54, 1.807) is 0 Å². The fraction of sp³-hybridized carbons (Fsp3) is 0.526. The lowest BCUT2D eigenvalue weighted by Gasteiger charge is -2.10. The molecule has 3 rings (SSSR count). The van der Waals surface area contributed by atoms with E-state index in [0.717, 1.165) is 35.1 Å². The van der Waals surface area contributed by atoms with Gasteiger partial charge in [-0.3, -0.25) is 9.71 Å². The van der Waals surface area contributed by atoms with Crippen molar-refractivity contribution in [3.63, 3.8) is 0 Å². The molecule has 1 aromatic carbocycles. The van der Waals surface area contributed by atoms with E-state index < -0.39 is 10.0 Å². The minimum absolute atomic E-state index is 0.235. The van der Waals surface area contributed by atoms with Gasteiger partial charge in [-0.25, -0.2) is 8.42 Å². The maximum Gasteiger partial charge on any atom is 0.264 e. The third-order valence-corrected chi connectivity index (χ3v) is 6.64. The summed E-state index contributed by atoms with van der Waals surface area (Å²) in [5.41, 5.74) is 3.74. The summed E-state index contributed by atoms with van der Waals surface area (Å²) >= 11 is 0. The van der Waals surface area contributed by atoms with E-state index in [1.165, 1.54) is 25.7 Å². The Morgan fingerprint density at radius 1 is 1.00 bits per heavy atom. The fourth-order valence-corrected chi connectivity index (χ4v) is 5.01. The van der Waals surface area contributed by atoms with Gasteiger partial charge in [0.2, 0.25) is 0 Å². The Bertz CT molecular complexity index is 799. The van der Waals surface area contributed by atoms with Gasteiger partial charge in [-0.1, -0.05) is 43.9 Å². The number of benzene rings is 1. The molecule has 1 heterocycles. The van der Waals surface area contributed by atoms with Crippen LogP contribution in [0.5, 0.6) is 0 Å². The van der Waals surface area contributed by atoms with Crippen LogP contribution in [0.1, 0.15) is 62.1 Å². The van der Waals surface area contributed by atoms with Crippen LogP contribution >= 0.6 is 0 Å². The van der Waals surface area contributed by atoms with E-state index in [2.05, 4.69) is 4.72 Å². The molecule has 2 aliphatic rings. The molecule has 0 amide bonds. The van der Waals surface area contributed by atoms with E-state index in [-0.39, 0.29) is 6.04 Å². The monoisotopic (exact) mass is 346 g/mol. The van der Waals surface area contributed by atoms with Gasteiger partial charge in [0.25, 0.3) is 10.0 Å². The number of sulfonamides is 1. The molecule has 1 aliphatic carbocycles. The predicted octanol–water partition coefficient (Wildman–Crippen LogP) is 4.09. The van der Waals surface area contributed by atoms with Crippen LogP contribution < -0.4 is 4.72 Å². The third-order valence-electron chi connectivity index (χ3n) is 5.10. The summed E-state index contributed by atoms with van der Waals surface area (Å²) in [4.78, 5) is 5.13. The Morgan fingerprint density at radius 3 is 2.29 bits per heavy atom. The number of hydrogen-bond acceptors (Lipinski definition) is 3. The average molecular weight is 346 g/mol. The van der Waals surface area contributed by atoms with E-state index in [1.807, 2.05) is 39.0 Å². The van der Waals surface area contributed by atoms with Crippen molar-refractivity contribution >= 4 is 20.8 Å². The normalized spacial score (nSPS) is 23.4. The molecule has 0 atom stereocenters. The summed E-state index contributed by atoms with van der Waals surface area (Å²) in [5.74, 6) is 0.537. The first-order valence-electron chi connectivity index (χ1n) is 8.78. The van der Waals surface area contributed by atoms with Gasteiger partial charge in [-0.15, -0.1) is 0 Å². The SMILES string of the molecule is CC1=C(c2ccc(C)c(C)c2)S(=O)(=O)NC1=NC1CCCCCC1. The number of aryl methyl sites for hydroxylation is 2. The highest BCUT2D eigenvalue weighted by atomic mass is 32.2. The summed E-state index contributed by atoms with van der Waals surface area (Å²) in [5, 5.41) is 0. The molecule has 5 heteroatoms. The topological polar surface area (TPSA) is 58.5 Å². The van der Waals surface area contributed by atoms with Crippen molar-refractivity contribution < 1.29 is 8.42 Å². The number of aliphatic imine (C=N–C) groups is 1. The summed E-state index contributed by atoms with van der Waals surface area (Å²) in [6.45, 7) is 5.89. The van der Waals surface area contributed by atoms with Crippen LogP contribution in [0.15, 0.2) is 28.8 Å². The lowest BCUT2D eigenvalue weighted by atomic mass is 10.0. The molecule has 4 nitrogen and oxygen atoms in total. The van der Waals surface area contributed by atoms with Crippen molar-refractivity contribution in [2.45, 2.75) is 65.3 Å². The molecule has 1 aliphatic heterocycles. The standard InChI is InChI=1S/C19H26N2O2S/c1-13-10-11-16(12-14(13)2)18-15(3)19(21-24(18,22)23)20-17-8-6-4-5-7-9-17/h10-12,17H,4-9H2,1-3H3,(H,20,21). The van der Waals surface area contributed by atoms with Crippen LogP contribution in [0.2, 0.25) is 0 Å². The highest BCUT2D eigenvalue weighted by Gasteiger charge is 2.33. The second-order valence-electron chi connectivity index (χ2n) is 6.98. The molecule has 130 valence electrons. The van der Waals surface area contributed by atoms with Gasteiger partial charge in [-0.05, 0) is 50.3 Å². The fourth-order valence-electron chi connectivity index (χ4n) is 3.51. The zero-order chi connectivity index (χ0) is 17.3. The Labute approximate surface area is 145 Å². The maximum absolute atomic E-state index is 12.6. The number of hydrogen-bond donors (Lipinski definition) is 1. The number of nitrogens with zero attached hydrogens (tertiary/aromatic N) is 1. The van der Waals surface area contributed by atoms with Gasteiger partial charge in [-0.2, -0.15) is 0 Å². The summed E-state index contributed by atoms with van der Waals surface area (Å²) in [6, 6.07) is 6.04. The first kappa shape index (κ1) is 17.2. The molecule has 0 aromatic heterocycles. The Morgan fingerprint density at radius 2 is 1.67 bits per heavy atom. The molecule has 1 N–H and O–H groups in total. The van der Waals surface area contributed by atoms with Gasteiger partial charge in [0, 0.05) is 5.57 Å². The zero-order valence-corrected chi connectivity index (χ0v) is 15.5. The minimum Gasteiger partial charge on any atom is -0.264 e. The molecule has 0 spiro atoms. The molecule has 0 saturated heterocycles. The Hall–Kier alpha value is -1.62. The largest absolute Gasteiger partial charge is 0.264 e. The smallest absolute Gasteiger partial charge is 0.264 e. The van der Waals surface area contributed by atoms with E-state index in [9.17, 15) is 8.42 Å². The second-order valence-corrected chi connectivity index (χ2v) is 8.60. The van der Waals surface area contributed by atoms with Gasteiger partial charge in [0.1, 0.15) is 10.7 Å². The minimum atomic E-state index is -3.53. The Kier molecular flexibility index (Phi) is 4.81. The number of amidine groups is 1. The van der Waals surface area contributed by atoms with Crippen LogP contribution in [0, 0.1) is 13.8 Å². The van der Waals surface area contributed by atoms with Crippen molar-refractivity contribution in [2.75, 3.05) is 0 Å². The van der Waals surface area contributed by atoms with Crippen molar-refractivity contribution in [2.24, 2.45) is 4.99 Å². The summed E-state index contributed by atoms with van der Waals surface area (Å²) in [6.07, 6.45) is 6.99. The Balaban J connectivity index is 2.00. The van der Waals surface area contributed by atoms with Crippen LogP contribution in [-0.2, 0) is 10.0 Å². The van der Waals surface area contributed by atoms with Crippen LogP contribution in [0.4, 0.5) is 0 Å². The van der Waals surface area contributed by atoms with Crippen LogP contribution in [-0.4, -0.2) is 20.3 Å². The molecule has 0 bridgehead atoms. The summed E-state index contributed by atoms with van der Waals surface area (Å²) < 4.78 is 28.0. The quantitative estimate of drug-likeness (QED) is 0.820. The van der Waals surface area contributed by atoms with E-state index >= 15 is 0 Å². The third kappa shape index (κ3) is 3.41. The van der Waals surface area contributed by atoms with Crippen LogP contribution in [0.25, 0.3) is 4.91 Å². The highest BCUT2D eigenvalue weighted by Crippen LogP contribution is 2.31. The predicted molar refractivity (Wildman–Crippen MR) is 99.5 cm³/mol. The van der Waals surface area contributed by atoms with Crippen molar-refractivity contribution in [3.05, 3.63) is 40.5 Å². The van der Waals surface area contributed by atoms with Gasteiger partial charge in [0.05, 0.1) is 6.04 Å². The lowest BCUT2D eigenvalue weighted by Crippen LogP contribution is -2.25. The van der Waals surface area contributed by atoms with E-state index in [4.69, 9.17) is 4.99 Å².